The molecule has 10 heavy (non-hydrogen) atoms. The van der Waals surface area contributed by atoms with Crippen molar-refractivity contribution in [2.24, 2.45) is 4.99 Å². The van der Waals surface area contributed by atoms with Crippen LogP contribution in [0.15, 0.2) is 23.3 Å². The monoisotopic (exact) mass is 151 g/mol. The van der Waals surface area contributed by atoms with E-state index in [1.54, 1.807) is 12.3 Å². The average molecular weight is 151 g/mol. The van der Waals surface area contributed by atoms with Gasteiger partial charge in [-0.15, -0.1) is 0 Å². The van der Waals surface area contributed by atoms with Gasteiger partial charge in [0.05, 0.1) is 17.4 Å². The average Bonchev–Trinajstić information content (AvgIpc) is 2.03. The van der Waals surface area contributed by atoms with Gasteiger partial charge >= 0.3 is 0 Å². The van der Waals surface area contributed by atoms with Crippen molar-refractivity contribution in [3.63, 3.8) is 0 Å². The first kappa shape index (κ1) is 6.99. The smallest absolute Gasteiger partial charge is 0.0933 e. The summed E-state index contributed by atoms with van der Waals surface area (Å²) in [4.78, 5) is 3.70. The molecule has 0 fully saturated rings. The molecule has 0 unspecified atom stereocenters. The molecule has 0 aliphatic rings. The lowest BCUT2D eigenvalue weighted by Crippen LogP contribution is -1.87. The van der Waals surface area contributed by atoms with E-state index in [9.17, 15) is 0 Å². The molecule has 0 saturated heterocycles. The SMILES string of the molecule is S=C=NCc1cccnn1. The summed E-state index contributed by atoms with van der Waals surface area (Å²) < 4.78 is 0. The summed E-state index contributed by atoms with van der Waals surface area (Å²) in [7, 11) is 0. The second-order valence-corrected chi connectivity index (χ2v) is 1.81. The summed E-state index contributed by atoms with van der Waals surface area (Å²) in [5, 5.41) is 9.71. The summed E-state index contributed by atoms with van der Waals surface area (Å²) >= 11 is 4.39. The van der Waals surface area contributed by atoms with E-state index in [1.165, 1.54) is 0 Å². The lowest BCUT2D eigenvalue weighted by Gasteiger charge is -1.88. The molecular formula is C6H5N3S. The number of hydrogen-bond donors (Lipinski definition) is 0. The van der Waals surface area contributed by atoms with Gasteiger partial charge in [0.25, 0.3) is 0 Å². The number of thiocarbonyl (C=S) groups is 1. The summed E-state index contributed by atoms with van der Waals surface area (Å²) in [6, 6.07) is 3.64. The first-order valence-corrected chi connectivity index (χ1v) is 3.14. The van der Waals surface area contributed by atoms with Gasteiger partial charge in [-0.05, 0) is 24.4 Å². The molecule has 0 amide bonds. The van der Waals surface area contributed by atoms with E-state index in [0.717, 1.165) is 5.69 Å². The lowest BCUT2D eigenvalue weighted by atomic mass is 10.4. The molecule has 0 aliphatic carbocycles. The predicted octanol–water partition coefficient (Wildman–Crippen LogP) is 1.08. The second-order valence-electron chi connectivity index (χ2n) is 1.62. The van der Waals surface area contributed by atoms with Gasteiger partial charge in [0.2, 0.25) is 0 Å². The van der Waals surface area contributed by atoms with Crippen LogP contribution in [0.1, 0.15) is 5.69 Å². The Balaban J connectivity index is 2.67. The van der Waals surface area contributed by atoms with Crippen molar-refractivity contribution in [2.75, 3.05) is 0 Å². The molecule has 0 bridgehead atoms. The quantitative estimate of drug-likeness (QED) is 0.469. The Labute approximate surface area is 63.8 Å². The summed E-state index contributed by atoms with van der Waals surface area (Å²) in [6.45, 7) is 0.470. The van der Waals surface area contributed by atoms with Crippen LogP contribution in [-0.2, 0) is 6.54 Å². The number of rotatable bonds is 2. The first-order valence-electron chi connectivity index (χ1n) is 2.73. The Kier molecular flexibility index (Phi) is 2.67. The maximum Gasteiger partial charge on any atom is 0.0933 e. The van der Waals surface area contributed by atoms with Gasteiger partial charge in [-0.3, -0.25) is 0 Å². The van der Waals surface area contributed by atoms with E-state index < -0.39 is 0 Å². The van der Waals surface area contributed by atoms with E-state index in [0.29, 0.717) is 6.54 Å². The van der Waals surface area contributed by atoms with Crippen molar-refractivity contribution in [3.05, 3.63) is 24.0 Å². The minimum absolute atomic E-state index is 0.470. The fourth-order valence-electron chi connectivity index (χ4n) is 0.531. The third-order valence-corrected chi connectivity index (χ3v) is 1.06. The van der Waals surface area contributed by atoms with Crippen molar-refractivity contribution in [3.8, 4) is 0 Å². The molecule has 0 spiro atoms. The maximum absolute atomic E-state index is 4.39. The molecular weight excluding hydrogens is 146 g/mol. The zero-order chi connectivity index (χ0) is 7.23. The minimum atomic E-state index is 0.470. The molecule has 1 heterocycles. The zero-order valence-corrected chi connectivity index (χ0v) is 6.01. The molecule has 0 aliphatic heterocycles. The van der Waals surface area contributed by atoms with E-state index in [-0.39, 0.29) is 0 Å². The van der Waals surface area contributed by atoms with Gasteiger partial charge in [-0.1, -0.05) is 0 Å². The summed E-state index contributed by atoms with van der Waals surface area (Å²) in [6.07, 6.45) is 1.62. The summed E-state index contributed by atoms with van der Waals surface area (Å²) in [5.41, 5.74) is 0.805. The molecule has 0 aromatic carbocycles. The van der Waals surface area contributed by atoms with Crippen LogP contribution in [-0.4, -0.2) is 15.4 Å². The van der Waals surface area contributed by atoms with E-state index in [1.807, 2.05) is 6.07 Å². The van der Waals surface area contributed by atoms with Crippen LogP contribution in [0.5, 0.6) is 0 Å². The minimum Gasteiger partial charge on any atom is -0.226 e. The zero-order valence-electron chi connectivity index (χ0n) is 5.19. The van der Waals surface area contributed by atoms with Crippen molar-refractivity contribution < 1.29 is 0 Å². The van der Waals surface area contributed by atoms with Gasteiger partial charge < -0.3 is 0 Å². The molecule has 4 heteroatoms. The molecule has 50 valence electrons. The Morgan fingerprint density at radius 3 is 3.20 bits per heavy atom. The number of aliphatic imine (C=N–C) groups is 1. The molecule has 1 rings (SSSR count). The van der Waals surface area contributed by atoms with Crippen molar-refractivity contribution in [2.45, 2.75) is 6.54 Å². The van der Waals surface area contributed by atoms with Crippen LogP contribution >= 0.6 is 12.2 Å². The van der Waals surface area contributed by atoms with Gasteiger partial charge in [0.15, 0.2) is 0 Å². The van der Waals surface area contributed by atoms with Crippen molar-refractivity contribution in [1.29, 1.82) is 0 Å². The number of aromatic nitrogens is 2. The fourth-order valence-corrected chi connectivity index (χ4v) is 0.596. The first-order chi connectivity index (χ1) is 4.93. The fraction of sp³-hybridized carbons (Fsp3) is 0.167. The maximum atomic E-state index is 4.39. The third-order valence-electron chi connectivity index (χ3n) is 0.933. The highest BCUT2D eigenvalue weighted by Gasteiger charge is 1.87. The highest BCUT2D eigenvalue weighted by Crippen LogP contribution is 1.91. The standard InChI is InChI=1S/C6H5N3S/c10-5-7-4-6-2-1-3-8-9-6/h1-3H,4H2. The number of nitrogens with zero attached hydrogens (tertiary/aromatic N) is 3. The van der Waals surface area contributed by atoms with Crippen molar-refractivity contribution >= 4 is 17.4 Å². The molecule has 1 aromatic heterocycles. The van der Waals surface area contributed by atoms with Crippen LogP contribution in [0, 0.1) is 0 Å². The Morgan fingerprint density at radius 1 is 1.70 bits per heavy atom. The Morgan fingerprint density at radius 2 is 2.60 bits per heavy atom. The van der Waals surface area contributed by atoms with Crippen LogP contribution < -0.4 is 0 Å². The van der Waals surface area contributed by atoms with E-state index in [4.69, 9.17) is 0 Å². The van der Waals surface area contributed by atoms with E-state index >= 15 is 0 Å². The van der Waals surface area contributed by atoms with Gasteiger partial charge in [0.1, 0.15) is 0 Å². The normalized spacial score (nSPS) is 8.40. The van der Waals surface area contributed by atoms with Gasteiger partial charge in [-0.2, -0.15) is 10.2 Å². The second kappa shape index (κ2) is 3.82. The van der Waals surface area contributed by atoms with Crippen LogP contribution in [0.2, 0.25) is 0 Å². The topological polar surface area (TPSA) is 38.1 Å². The number of isothiocyanates is 1. The Bertz CT molecular complexity index is 240. The molecule has 1 aromatic rings. The third kappa shape index (κ3) is 2.01. The van der Waals surface area contributed by atoms with Gasteiger partial charge in [0, 0.05) is 6.20 Å². The van der Waals surface area contributed by atoms with Crippen LogP contribution in [0.4, 0.5) is 0 Å². The molecule has 3 nitrogen and oxygen atoms in total. The van der Waals surface area contributed by atoms with E-state index in [2.05, 4.69) is 32.6 Å². The lowest BCUT2D eigenvalue weighted by molar-refractivity contribution is 0.903. The van der Waals surface area contributed by atoms with Crippen LogP contribution in [0.3, 0.4) is 0 Å². The van der Waals surface area contributed by atoms with Gasteiger partial charge in [-0.25, -0.2) is 4.99 Å². The Hall–Kier alpha value is -1.12. The number of hydrogen-bond acceptors (Lipinski definition) is 4. The summed E-state index contributed by atoms with van der Waals surface area (Å²) in [5.74, 6) is 0. The highest BCUT2D eigenvalue weighted by atomic mass is 32.1. The van der Waals surface area contributed by atoms with Crippen molar-refractivity contribution in [1.82, 2.24) is 10.2 Å². The molecule has 0 saturated carbocycles. The predicted molar refractivity (Wildman–Crippen MR) is 40.8 cm³/mol. The highest BCUT2D eigenvalue weighted by molar-refractivity contribution is 7.78. The molecule has 0 N–H and O–H groups in total. The molecule has 0 atom stereocenters. The molecule has 0 radical (unpaired) electrons. The largest absolute Gasteiger partial charge is 0.226 e. The van der Waals surface area contributed by atoms with Crippen LogP contribution in [0.25, 0.3) is 0 Å².